The first kappa shape index (κ1) is 11.0. The Bertz CT molecular complexity index is 314. The molecule has 13 heavy (non-hydrogen) atoms. The van der Waals surface area contributed by atoms with Crippen molar-refractivity contribution in [2.75, 3.05) is 0 Å². The smallest absolute Gasteiger partial charge is 0.213 e. The van der Waals surface area contributed by atoms with E-state index in [-0.39, 0.29) is 0 Å². The lowest BCUT2D eigenvalue weighted by Gasteiger charge is -2.05. The number of nitrogens with zero attached hydrogens (tertiary/aromatic N) is 1. The van der Waals surface area contributed by atoms with Gasteiger partial charge < -0.3 is 0 Å². The van der Waals surface area contributed by atoms with Gasteiger partial charge in [0, 0.05) is 0 Å². The van der Waals surface area contributed by atoms with Crippen LogP contribution in [0.4, 0.5) is 17.6 Å². The van der Waals surface area contributed by atoms with Crippen LogP contribution in [0, 0.1) is 9.65 Å². The molecule has 0 aliphatic rings. The Hall–Kier alpha value is -0.0500. The molecule has 1 aromatic heterocycles. The van der Waals surface area contributed by atoms with E-state index < -0.39 is 28.1 Å². The molecule has 0 saturated carbocycles. The van der Waals surface area contributed by atoms with Crippen molar-refractivity contribution in [2.45, 2.75) is 10.4 Å². The molecule has 7 heteroatoms. The van der Waals surface area contributed by atoms with E-state index in [0.717, 1.165) is 6.07 Å². The molecule has 1 nitrogen and oxygen atoms in total. The van der Waals surface area contributed by atoms with Gasteiger partial charge in [0.2, 0.25) is 5.95 Å². The molecule has 0 amide bonds. The molecule has 0 unspecified atom stereocenters. The summed E-state index contributed by atoms with van der Waals surface area (Å²) in [5.74, 6) is -1.09. The molecule has 0 atom stereocenters. The molecule has 0 fully saturated rings. The third-order valence-electron chi connectivity index (χ3n) is 1.01. The molecule has 0 aromatic carbocycles. The van der Waals surface area contributed by atoms with E-state index in [1.165, 1.54) is 6.07 Å². The maximum absolute atomic E-state index is 12.7. The van der Waals surface area contributed by atoms with Crippen molar-refractivity contribution < 1.29 is 17.6 Å². The van der Waals surface area contributed by atoms with Crippen LogP contribution in [0.15, 0.2) is 17.0 Å². The zero-order chi connectivity index (χ0) is 10.1. The van der Waals surface area contributed by atoms with Gasteiger partial charge in [-0.2, -0.15) is 17.6 Å². The number of alkyl halides is 3. The summed E-state index contributed by atoms with van der Waals surface area (Å²) >= 11 is 1.21. The highest BCUT2D eigenvalue weighted by Crippen LogP contribution is 2.37. The Morgan fingerprint density at radius 2 is 1.92 bits per heavy atom. The van der Waals surface area contributed by atoms with Crippen LogP contribution in [0.25, 0.3) is 0 Å². The average molecular weight is 323 g/mol. The normalized spacial score (nSPS) is 11.8. The Balaban J connectivity index is 2.90. The van der Waals surface area contributed by atoms with E-state index in [9.17, 15) is 17.6 Å². The minimum absolute atomic E-state index is 0.321. The third-order valence-corrected chi connectivity index (χ3v) is 2.36. The lowest BCUT2D eigenvalue weighted by Crippen LogP contribution is -2.01. The Morgan fingerprint density at radius 3 is 2.38 bits per heavy atom. The molecule has 72 valence electrons. The molecule has 0 aliphatic heterocycles. The Labute approximate surface area is 89.1 Å². The van der Waals surface area contributed by atoms with Crippen LogP contribution in [0.5, 0.6) is 0 Å². The van der Waals surface area contributed by atoms with Gasteiger partial charge in [0.1, 0.15) is 3.70 Å². The van der Waals surface area contributed by atoms with Crippen molar-refractivity contribution >= 4 is 34.4 Å². The highest BCUT2D eigenvalue weighted by Gasteiger charge is 2.30. The summed E-state index contributed by atoms with van der Waals surface area (Å²) in [6, 6.07) is 2.37. The van der Waals surface area contributed by atoms with Crippen LogP contribution >= 0.6 is 34.4 Å². The monoisotopic (exact) mass is 323 g/mol. The molecular formula is C6H2F4INS. The third kappa shape index (κ3) is 3.67. The highest BCUT2D eigenvalue weighted by atomic mass is 127. The molecule has 0 N–H and O–H groups in total. The van der Waals surface area contributed by atoms with Crippen LogP contribution < -0.4 is 0 Å². The molecule has 0 saturated heterocycles. The standard InChI is InChI=1S/C6H2F4INS/c7-5-3(13-6(8,9)10)1-2-4(11)12-5/h1-2H. The van der Waals surface area contributed by atoms with Crippen LogP contribution in [-0.2, 0) is 0 Å². The van der Waals surface area contributed by atoms with E-state index in [1.807, 2.05) is 0 Å². The summed E-state index contributed by atoms with van der Waals surface area (Å²) in [7, 11) is 0. The number of halogens is 5. The number of aromatic nitrogens is 1. The minimum Gasteiger partial charge on any atom is -0.213 e. The van der Waals surface area contributed by atoms with Crippen LogP contribution in [0.3, 0.4) is 0 Å². The fourth-order valence-electron chi connectivity index (χ4n) is 0.600. The predicted octanol–water partition coefficient (Wildman–Crippen LogP) is 3.44. The van der Waals surface area contributed by atoms with Gasteiger partial charge in [-0.15, -0.1) is 0 Å². The second-order valence-corrected chi connectivity index (χ2v) is 4.18. The minimum atomic E-state index is -4.48. The van der Waals surface area contributed by atoms with Gasteiger partial charge in [0.25, 0.3) is 0 Å². The zero-order valence-corrected chi connectivity index (χ0v) is 8.87. The largest absolute Gasteiger partial charge is 0.446 e. The number of thioether (sulfide) groups is 1. The van der Waals surface area contributed by atoms with Gasteiger partial charge in [0.05, 0.1) is 4.90 Å². The summed E-state index contributed by atoms with van der Waals surface area (Å²) in [4.78, 5) is 2.75. The average Bonchev–Trinajstić information content (AvgIpc) is 1.93. The SMILES string of the molecule is Fc1nc(I)ccc1SC(F)(F)F. The van der Waals surface area contributed by atoms with Crippen molar-refractivity contribution in [3.05, 3.63) is 21.8 Å². The van der Waals surface area contributed by atoms with Crippen LogP contribution in [0.1, 0.15) is 0 Å². The van der Waals surface area contributed by atoms with Crippen molar-refractivity contribution in [1.82, 2.24) is 4.98 Å². The zero-order valence-electron chi connectivity index (χ0n) is 5.90. The maximum atomic E-state index is 12.7. The summed E-state index contributed by atoms with van der Waals surface area (Å²) in [5, 5.41) is 0. The fraction of sp³-hybridized carbons (Fsp3) is 0.167. The molecule has 0 radical (unpaired) electrons. The van der Waals surface area contributed by atoms with Gasteiger partial charge in [-0.25, -0.2) is 4.98 Å². The molecule has 1 heterocycles. The number of rotatable bonds is 1. The van der Waals surface area contributed by atoms with Gasteiger partial charge in [-0.1, -0.05) is 0 Å². The molecular weight excluding hydrogens is 321 g/mol. The lowest BCUT2D eigenvalue weighted by atomic mass is 10.5. The van der Waals surface area contributed by atoms with E-state index in [2.05, 4.69) is 4.98 Å². The summed E-state index contributed by atoms with van der Waals surface area (Å²) in [5.41, 5.74) is -4.48. The Morgan fingerprint density at radius 1 is 1.31 bits per heavy atom. The van der Waals surface area contributed by atoms with Gasteiger partial charge in [-0.3, -0.25) is 0 Å². The van der Waals surface area contributed by atoms with Crippen molar-refractivity contribution in [3.8, 4) is 0 Å². The second-order valence-electron chi connectivity index (χ2n) is 1.97. The Kier molecular flexibility index (Phi) is 3.38. The number of pyridine rings is 1. The second kappa shape index (κ2) is 3.99. The van der Waals surface area contributed by atoms with Crippen LogP contribution in [0.2, 0.25) is 0 Å². The first-order valence-electron chi connectivity index (χ1n) is 2.96. The number of hydrogen-bond donors (Lipinski definition) is 0. The first-order valence-corrected chi connectivity index (χ1v) is 4.86. The maximum Gasteiger partial charge on any atom is 0.446 e. The van der Waals surface area contributed by atoms with Crippen molar-refractivity contribution in [3.63, 3.8) is 0 Å². The molecule has 0 bridgehead atoms. The highest BCUT2D eigenvalue weighted by molar-refractivity contribution is 14.1. The van der Waals surface area contributed by atoms with Crippen molar-refractivity contribution in [2.24, 2.45) is 0 Å². The molecule has 0 aliphatic carbocycles. The number of hydrogen-bond acceptors (Lipinski definition) is 2. The fourth-order valence-corrected chi connectivity index (χ4v) is 1.51. The molecule has 0 spiro atoms. The van der Waals surface area contributed by atoms with E-state index >= 15 is 0 Å². The summed E-state index contributed by atoms with van der Waals surface area (Å²) < 4.78 is 48.4. The first-order chi connectivity index (χ1) is 5.88. The van der Waals surface area contributed by atoms with E-state index in [1.54, 1.807) is 22.6 Å². The molecule has 1 aromatic rings. The van der Waals surface area contributed by atoms with Crippen molar-refractivity contribution in [1.29, 1.82) is 0 Å². The summed E-state index contributed by atoms with van der Waals surface area (Å²) in [6.45, 7) is 0. The predicted molar refractivity (Wildman–Crippen MR) is 48.8 cm³/mol. The van der Waals surface area contributed by atoms with Crippen LogP contribution in [-0.4, -0.2) is 10.5 Å². The van der Waals surface area contributed by atoms with Gasteiger partial charge in [0.15, 0.2) is 0 Å². The van der Waals surface area contributed by atoms with E-state index in [4.69, 9.17) is 0 Å². The van der Waals surface area contributed by atoms with Gasteiger partial charge >= 0.3 is 5.51 Å². The topological polar surface area (TPSA) is 12.9 Å². The van der Waals surface area contributed by atoms with Gasteiger partial charge in [-0.05, 0) is 46.5 Å². The van der Waals surface area contributed by atoms with E-state index in [0.29, 0.717) is 3.70 Å². The summed E-state index contributed by atoms with van der Waals surface area (Å²) in [6.07, 6.45) is 0. The molecule has 1 rings (SSSR count). The quantitative estimate of drug-likeness (QED) is 0.340. The lowest BCUT2D eigenvalue weighted by molar-refractivity contribution is -0.0329.